The number of sulfonamides is 1. The fourth-order valence-electron chi connectivity index (χ4n) is 2.37. The summed E-state index contributed by atoms with van der Waals surface area (Å²) in [5.74, 6) is -0.749. The largest absolute Gasteiger partial charge is 0.417 e. The van der Waals surface area contributed by atoms with Crippen LogP contribution < -0.4 is 10.0 Å². The maximum absolute atomic E-state index is 12.9. The van der Waals surface area contributed by atoms with Gasteiger partial charge in [-0.15, -0.1) is 0 Å². The molecule has 0 aliphatic rings. The lowest BCUT2D eigenvalue weighted by Gasteiger charge is -2.14. The Bertz CT molecular complexity index is 1010. The summed E-state index contributed by atoms with van der Waals surface area (Å²) in [4.78, 5) is 12.4. The Morgan fingerprint density at radius 3 is 2.30 bits per heavy atom. The summed E-state index contributed by atoms with van der Waals surface area (Å²) in [6.07, 6.45) is -4.67. The number of nitrogens with one attached hydrogen (secondary N) is 2. The second-order valence-corrected chi connectivity index (χ2v) is 8.03. The van der Waals surface area contributed by atoms with Crippen LogP contribution in [0, 0.1) is 13.8 Å². The normalized spacial score (nSPS) is 12.1. The number of anilines is 1. The minimum absolute atomic E-state index is 0.00423. The van der Waals surface area contributed by atoms with Crippen LogP contribution in [-0.4, -0.2) is 21.4 Å². The van der Waals surface area contributed by atoms with Crippen LogP contribution in [0.4, 0.5) is 18.9 Å². The Morgan fingerprint density at radius 1 is 1.11 bits per heavy atom. The van der Waals surface area contributed by atoms with E-state index in [1.807, 2.05) is 0 Å². The van der Waals surface area contributed by atoms with Crippen LogP contribution in [0.25, 0.3) is 0 Å². The molecule has 0 atom stereocenters. The Labute approximate surface area is 159 Å². The highest BCUT2D eigenvalue weighted by Crippen LogP contribution is 2.36. The van der Waals surface area contributed by atoms with Gasteiger partial charge in [-0.25, -0.2) is 13.1 Å². The number of halogens is 4. The maximum atomic E-state index is 12.9. The summed E-state index contributed by atoms with van der Waals surface area (Å²) in [5, 5.41) is 1.84. The van der Waals surface area contributed by atoms with Crippen molar-refractivity contribution in [2.24, 2.45) is 0 Å². The second kappa shape index (κ2) is 7.49. The van der Waals surface area contributed by atoms with Crippen molar-refractivity contribution in [1.82, 2.24) is 4.72 Å². The smallest absolute Gasteiger partial charge is 0.322 e. The van der Waals surface area contributed by atoms with Crippen molar-refractivity contribution in [2.45, 2.75) is 24.9 Å². The van der Waals surface area contributed by atoms with Gasteiger partial charge in [-0.2, -0.15) is 13.2 Å². The number of hydrogen-bond acceptors (Lipinski definition) is 3. The van der Waals surface area contributed by atoms with Crippen molar-refractivity contribution < 1.29 is 26.4 Å². The number of carbonyl (C=O) groups is 1. The van der Waals surface area contributed by atoms with Crippen LogP contribution in [0.1, 0.15) is 27.0 Å². The molecule has 0 radical (unpaired) electrons. The zero-order valence-corrected chi connectivity index (χ0v) is 16.1. The third kappa shape index (κ3) is 4.60. The predicted molar refractivity (Wildman–Crippen MR) is 96.6 cm³/mol. The molecule has 0 heterocycles. The zero-order valence-electron chi connectivity index (χ0n) is 14.5. The number of hydrogen-bond donors (Lipinski definition) is 2. The van der Waals surface area contributed by atoms with Gasteiger partial charge in [0.2, 0.25) is 10.0 Å². The van der Waals surface area contributed by atoms with Crippen molar-refractivity contribution in [2.75, 3.05) is 12.4 Å². The molecule has 146 valence electrons. The fraction of sp³-hybridized carbons (Fsp3) is 0.235. The first-order chi connectivity index (χ1) is 12.4. The molecule has 2 rings (SSSR count). The molecule has 2 aromatic rings. The summed E-state index contributed by atoms with van der Waals surface area (Å²) in [5.41, 5.74) is -0.195. The second-order valence-electron chi connectivity index (χ2n) is 5.77. The average Bonchev–Trinajstić information content (AvgIpc) is 2.57. The van der Waals surface area contributed by atoms with E-state index in [9.17, 15) is 26.4 Å². The molecule has 0 unspecified atom stereocenters. The molecule has 10 heteroatoms. The Hall–Kier alpha value is -2.10. The molecule has 5 nitrogen and oxygen atoms in total. The van der Waals surface area contributed by atoms with E-state index in [4.69, 9.17) is 11.6 Å². The van der Waals surface area contributed by atoms with Gasteiger partial charge in [0.05, 0.1) is 15.5 Å². The van der Waals surface area contributed by atoms with E-state index in [1.54, 1.807) is 13.8 Å². The van der Waals surface area contributed by atoms with Gasteiger partial charge in [-0.05, 0) is 62.4 Å². The van der Waals surface area contributed by atoms with Crippen molar-refractivity contribution in [1.29, 1.82) is 0 Å². The quantitative estimate of drug-likeness (QED) is 0.780. The Morgan fingerprint density at radius 2 is 1.74 bits per heavy atom. The monoisotopic (exact) mass is 420 g/mol. The number of rotatable bonds is 4. The highest BCUT2D eigenvalue weighted by atomic mass is 35.5. The lowest BCUT2D eigenvalue weighted by Crippen LogP contribution is -2.21. The van der Waals surface area contributed by atoms with Gasteiger partial charge in [-0.1, -0.05) is 11.6 Å². The first-order valence-corrected chi connectivity index (χ1v) is 9.46. The Balaban J connectivity index is 2.43. The van der Waals surface area contributed by atoms with Crippen LogP contribution in [0.5, 0.6) is 0 Å². The first-order valence-electron chi connectivity index (χ1n) is 7.59. The highest BCUT2D eigenvalue weighted by molar-refractivity contribution is 7.89. The van der Waals surface area contributed by atoms with Gasteiger partial charge in [0.25, 0.3) is 5.91 Å². The van der Waals surface area contributed by atoms with Crippen LogP contribution >= 0.6 is 11.6 Å². The average molecular weight is 421 g/mol. The standard InChI is InChI=1S/C17H16ClF3N2O3S/c1-9-6-11(7-15(10(9)2)27(25,26)22-3)16(24)23-12-4-5-14(18)13(8-12)17(19,20)21/h4-8,22H,1-3H3,(H,23,24). The van der Waals surface area contributed by atoms with Gasteiger partial charge >= 0.3 is 6.18 Å². The maximum Gasteiger partial charge on any atom is 0.417 e. The van der Waals surface area contributed by atoms with Gasteiger partial charge in [0.1, 0.15) is 0 Å². The molecule has 0 saturated carbocycles. The molecular formula is C17H16ClF3N2O3S. The summed E-state index contributed by atoms with van der Waals surface area (Å²) in [6.45, 7) is 3.22. The van der Waals surface area contributed by atoms with Gasteiger partial charge in [0, 0.05) is 11.3 Å². The SMILES string of the molecule is CNS(=O)(=O)c1cc(C(=O)Nc2ccc(Cl)c(C(F)(F)F)c2)cc(C)c1C. The zero-order chi connectivity index (χ0) is 20.6. The van der Waals surface area contributed by atoms with Crippen molar-refractivity contribution in [3.05, 3.63) is 57.6 Å². The van der Waals surface area contributed by atoms with Crippen LogP contribution in [0.2, 0.25) is 5.02 Å². The van der Waals surface area contributed by atoms with Crippen LogP contribution in [0.15, 0.2) is 35.2 Å². The van der Waals surface area contributed by atoms with E-state index in [-0.39, 0.29) is 16.1 Å². The molecule has 0 saturated heterocycles. The summed E-state index contributed by atoms with van der Waals surface area (Å²) < 4.78 is 65.2. The Kier molecular flexibility index (Phi) is 5.88. The van der Waals surface area contributed by atoms with E-state index in [0.29, 0.717) is 17.2 Å². The summed E-state index contributed by atoms with van der Waals surface area (Å²) in [6, 6.07) is 5.59. The molecule has 0 aliphatic heterocycles. The highest BCUT2D eigenvalue weighted by Gasteiger charge is 2.33. The van der Waals surface area contributed by atoms with E-state index in [0.717, 1.165) is 6.07 Å². The molecule has 0 spiro atoms. The topological polar surface area (TPSA) is 75.3 Å². The van der Waals surface area contributed by atoms with E-state index < -0.39 is 32.7 Å². The van der Waals surface area contributed by atoms with E-state index in [1.165, 1.54) is 25.2 Å². The third-order valence-corrected chi connectivity index (χ3v) is 5.84. The molecule has 0 aliphatic carbocycles. The lowest BCUT2D eigenvalue weighted by atomic mass is 10.1. The van der Waals surface area contributed by atoms with Gasteiger partial charge in [-0.3, -0.25) is 4.79 Å². The molecule has 0 fully saturated rings. The van der Waals surface area contributed by atoms with Gasteiger partial charge < -0.3 is 5.32 Å². The number of amides is 1. The number of benzene rings is 2. The summed E-state index contributed by atoms with van der Waals surface area (Å²) in [7, 11) is -2.57. The molecule has 1 amide bonds. The lowest BCUT2D eigenvalue weighted by molar-refractivity contribution is -0.137. The van der Waals surface area contributed by atoms with Crippen molar-refractivity contribution in [3.8, 4) is 0 Å². The van der Waals surface area contributed by atoms with E-state index >= 15 is 0 Å². The number of carbonyl (C=O) groups excluding carboxylic acids is 1. The minimum Gasteiger partial charge on any atom is -0.322 e. The molecule has 0 aromatic heterocycles. The fourth-order valence-corrected chi connectivity index (χ4v) is 3.66. The van der Waals surface area contributed by atoms with Crippen molar-refractivity contribution >= 4 is 33.2 Å². The minimum atomic E-state index is -4.67. The van der Waals surface area contributed by atoms with Gasteiger partial charge in [0.15, 0.2) is 0 Å². The molecule has 0 bridgehead atoms. The number of alkyl halides is 3. The third-order valence-electron chi connectivity index (χ3n) is 3.97. The molecule has 2 aromatic carbocycles. The first kappa shape index (κ1) is 21.2. The molecule has 27 heavy (non-hydrogen) atoms. The summed E-state index contributed by atoms with van der Waals surface area (Å²) >= 11 is 5.55. The number of aryl methyl sites for hydroxylation is 1. The molecule has 2 N–H and O–H groups in total. The van der Waals surface area contributed by atoms with E-state index in [2.05, 4.69) is 10.0 Å². The molecular weight excluding hydrogens is 405 g/mol. The van der Waals surface area contributed by atoms with Crippen LogP contribution in [0.3, 0.4) is 0 Å². The van der Waals surface area contributed by atoms with Crippen molar-refractivity contribution in [3.63, 3.8) is 0 Å². The predicted octanol–water partition coefficient (Wildman–Crippen LogP) is 4.14. The van der Waals surface area contributed by atoms with Crippen LogP contribution in [-0.2, 0) is 16.2 Å².